The van der Waals surface area contributed by atoms with E-state index in [1.165, 1.54) is 11.3 Å². The van der Waals surface area contributed by atoms with Gasteiger partial charge in [-0.1, -0.05) is 22.9 Å². The van der Waals surface area contributed by atoms with Gasteiger partial charge in [0.25, 0.3) is 5.91 Å². The second-order valence-corrected chi connectivity index (χ2v) is 6.43. The summed E-state index contributed by atoms with van der Waals surface area (Å²) in [5, 5.41) is 0.577. The van der Waals surface area contributed by atoms with Crippen LogP contribution in [0, 0.1) is 0 Å². The number of carbonyl (C=O) groups excluding carboxylic acids is 1. The molecule has 0 aliphatic rings. The van der Waals surface area contributed by atoms with Crippen molar-refractivity contribution < 1.29 is 14.3 Å². The van der Waals surface area contributed by atoms with Crippen molar-refractivity contribution >= 4 is 39.1 Å². The number of rotatable bonds is 3. The second-order valence-electron chi connectivity index (χ2n) is 5.02. The highest BCUT2D eigenvalue weighted by molar-refractivity contribution is 7.16. The Labute approximate surface area is 147 Å². The first-order valence-electron chi connectivity index (χ1n) is 7.10. The molecule has 0 aliphatic heterocycles. The summed E-state index contributed by atoms with van der Waals surface area (Å²) in [7, 11) is 5.06. The zero-order valence-electron chi connectivity index (χ0n) is 13.4. The van der Waals surface area contributed by atoms with Crippen molar-refractivity contribution in [1.82, 2.24) is 4.57 Å². The number of halogens is 1. The minimum absolute atomic E-state index is 0.327. The standard InChI is InChI=1S/C17H15ClN2O3S/c1-20-14-12(22-2)8-9-13(23-3)15(14)24-17(20)19-16(21)10-4-6-11(18)7-5-10/h4-9H,1-3H3. The molecule has 0 saturated heterocycles. The van der Waals surface area contributed by atoms with Crippen LogP contribution in [0.1, 0.15) is 10.4 Å². The summed E-state index contributed by atoms with van der Waals surface area (Å²) in [6, 6.07) is 10.3. The van der Waals surface area contributed by atoms with Gasteiger partial charge in [-0.05, 0) is 36.4 Å². The average Bonchev–Trinajstić information content (AvgIpc) is 2.91. The zero-order chi connectivity index (χ0) is 17.3. The number of aryl methyl sites for hydroxylation is 1. The molecular weight excluding hydrogens is 348 g/mol. The van der Waals surface area contributed by atoms with Gasteiger partial charge in [0.15, 0.2) is 4.80 Å². The Kier molecular flexibility index (Phi) is 4.59. The molecule has 3 aromatic rings. The van der Waals surface area contributed by atoms with Crippen LogP contribution in [0.25, 0.3) is 10.2 Å². The monoisotopic (exact) mass is 362 g/mol. The molecule has 5 nitrogen and oxygen atoms in total. The van der Waals surface area contributed by atoms with E-state index in [4.69, 9.17) is 21.1 Å². The third kappa shape index (κ3) is 2.90. The summed E-state index contributed by atoms with van der Waals surface area (Å²) in [5.41, 5.74) is 1.32. The number of hydrogen-bond acceptors (Lipinski definition) is 4. The zero-order valence-corrected chi connectivity index (χ0v) is 14.9. The van der Waals surface area contributed by atoms with E-state index in [2.05, 4.69) is 4.99 Å². The summed E-state index contributed by atoms with van der Waals surface area (Å²) in [6.45, 7) is 0. The van der Waals surface area contributed by atoms with Gasteiger partial charge in [0.2, 0.25) is 0 Å². The molecule has 0 radical (unpaired) electrons. The maximum atomic E-state index is 12.4. The van der Waals surface area contributed by atoms with Crippen molar-refractivity contribution in [2.45, 2.75) is 0 Å². The first kappa shape index (κ1) is 16.5. The number of methoxy groups -OCH3 is 2. The van der Waals surface area contributed by atoms with Gasteiger partial charge < -0.3 is 14.0 Å². The largest absolute Gasteiger partial charge is 0.495 e. The number of benzene rings is 2. The predicted octanol–water partition coefficient (Wildman–Crippen LogP) is 3.65. The van der Waals surface area contributed by atoms with Crippen molar-refractivity contribution in [1.29, 1.82) is 0 Å². The normalized spacial score (nSPS) is 11.8. The molecule has 7 heteroatoms. The van der Waals surface area contributed by atoms with Crippen LogP contribution in [0.3, 0.4) is 0 Å². The molecular formula is C17H15ClN2O3S. The van der Waals surface area contributed by atoms with Gasteiger partial charge in [-0.2, -0.15) is 4.99 Å². The Balaban J connectivity index is 2.17. The van der Waals surface area contributed by atoms with Crippen LogP contribution in [0.15, 0.2) is 41.4 Å². The highest BCUT2D eigenvalue weighted by Gasteiger charge is 2.14. The minimum Gasteiger partial charge on any atom is -0.495 e. The van der Waals surface area contributed by atoms with E-state index in [1.54, 1.807) is 38.5 Å². The topological polar surface area (TPSA) is 52.8 Å². The number of carbonyl (C=O) groups is 1. The third-order valence-electron chi connectivity index (χ3n) is 3.60. The first-order valence-corrected chi connectivity index (χ1v) is 8.29. The van der Waals surface area contributed by atoms with Crippen molar-refractivity contribution in [3.05, 3.63) is 51.8 Å². The van der Waals surface area contributed by atoms with Gasteiger partial charge in [-0.15, -0.1) is 0 Å². The summed E-state index contributed by atoms with van der Waals surface area (Å²) in [4.78, 5) is 17.2. The van der Waals surface area contributed by atoms with Crippen LogP contribution >= 0.6 is 22.9 Å². The summed E-state index contributed by atoms with van der Waals surface area (Å²) in [5.74, 6) is 1.09. The Morgan fingerprint density at radius 2 is 1.71 bits per heavy atom. The number of amides is 1. The lowest BCUT2D eigenvalue weighted by Gasteiger charge is -2.06. The van der Waals surface area contributed by atoms with Crippen LogP contribution in [-0.2, 0) is 7.05 Å². The second kappa shape index (κ2) is 6.67. The smallest absolute Gasteiger partial charge is 0.279 e. The van der Waals surface area contributed by atoms with E-state index in [0.29, 0.717) is 26.9 Å². The van der Waals surface area contributed by atoms with Crippen LogP contribution in [-0.4, -0.2) is 24.7 Å². The molecule has 0 fully saturated rings. The fourth-order valence-corrected chi connectivity index (χ4v) is 3.62. The summed E-state index contributed by atoms with van der Waals surface area (Å²) >= 11 is 7.23. The first-order chi connectivity index (χ1) is 11.5. The quantitative estimate of drug-likeness (QED) is 0.714. The molecule has 0 bridgehead atoms. The molecule has 0 saturated carbocycles. The molecule has 0 aliphatic carbocycles. The van der Waals surface area contributed by atoms with E-state index in [9.17, 15) is 4.79 Å². The van der Waals surface area contributed by atoms with Gasteiger partial charge in [0.05, 0.1) is 14.2 Å². The number of ether oxygens (including phenoxy) is 2. The van der Waals surface area contributed by atoms with Gasteiger partial charge in [0.1, 0.15) is 21.7 Å². The minimum atomic E-state index is -0.327. The highest BCUT2D eigenvalue weighted by Crippen LogP contribution is 2.34. The molecule has 2 aromatic carbocycles. The van der Waals surface area contributed by atoms with Crippen LogP contribution in [0.2, 0.25) is 5.02 Å². The lowest BCUT2D eigenvalue weighted by Crippen LogP contribution is -2.13. The molecule has 24 heavy (non-hydrogen) atoms. The van der Waals surface area contributed by atoms with E-state index >= 15 is 0 Å². The van der Waals surface area contributed by atoms with Gasteiger partial charge in [-0.25, -0.2) is 0 Å². The number of aromatic nitrogens is 1. The van der Waals surface area contributed by atoms with Crippen LogP contribution < -0.4 is 14.3 Å². The Morgan fingerprint density at radius 1 is 1.08 bits per heavy atom. The molecule has 3 rings (SSSR count). The molecule has 0 N–H and O–H groups in total. The molecule has 124 valence electrons. The van der Waals surface area contributed by atoms with Crippen molar-refractivity contribution in [2.24, 2.45) is 12.0 Å². The number of nitrogens with zero attached hydrogens (tertiary/aromatic N) is 2. The average molecular weight is 363 g/mol. The number of hydrogen-bond donors (Lipinski definition) is 0. The molecule has 0 spiro atoms. The van der Waals surface area contributed by atoms with Crippen molar-refractivity contribution in [3.8, 4) is 11.5 Å². The number of thiazole rings is 1. The van der Waals surface area contributed by atoms with E-state index in [-0.39, 0.29) is 5.91 Å². The third-order valence-corrected chi connectivity index (χ3v) is 5.00. The van der Waals surface area contributed by atoms with E-state index in [1.807, 2.05) is 23.7 Å². The highest BCUT2D eigenvalue weighted by atomic mass is 35.5. The molecule has 1 aromatic heterocycles. The molecule has 1 amide bonds. The molecule has 0 atom stereocenters. The molecule has 1 heterocycles. The van der Waals surface area contributed by atoms with Gasteiger partial charge in [-0.3, -0.25) is 4.79 Å². The summed E-state index contributed by atoms with van der Waals surface area (Å²) < 4.78 is 13.5. The van der Waals surface area contributed by atoms with Gasteiger partial charge >= 0.3 is 0 Å². The van der Waals surface area contributed by atoms with Crippen LogP contribution in [0.5, 0.6) is 11.5 Å². The lowest BCUT2D eigenvalue weighted by molar-refractivity contribution is 0.0998. The molecule has 0 unspecified atom stereocenters. The Morgan fingerprint density at radius 3 is 2.33 bits per heavy atom. The van der Waals surface area contributed by atoms with Gasteiger partial charge in [0, 0.05) is 17.6 Å². The van der Waals surface area contributed by atoms with Crippen molar-refractivity contribution in [2.75, 3.05) is 14.2 Å². The SMILES string of the molecule is COc1ccc(OC)c2c1sc(=NC(=O)c1ccc(Cl)cc1)n2C. The number of fused-ring (bicyclic) bond motifs is 1. The lowest BCUT2D eigenvalue weighted by atomic mass is 10.2. The van der Waals surface area contributed by atoms with Crippen LogP contribution in [0.4, 0.5) is 0 Å². The van der Waals surface area contributed by atoms with Crippen molar-refractivity contribution in [3.63, 3.8) is 0 Å². The maximum Gasteiger partial charge on any atom is 0.279 e. The maximum absolute atomic E-state index is 12.4. The Hall–Kier alpha value is -2.31. The van der Waals surface area contributed by atoms with E-state index < -0.39 is 0 Å². The fourth-order valence-electron chi connectivity index (χ4n) is 2.37. The predicted molar refractivity (Wildman–Crippen MR) is 95.2 cm³/mol. The van der Waals surface area contributed by atoms with E-state index in [0.717, 1.165) is 10.2 Å². The Bertz CT molecular complexity index is 974. The summed E-state index contributed by atoms with van der Waals surface area (Å²) in [6.07, 6.45) is 0. The fraction of sp³-hybridized carbons (Fsp3) is 0.176.